The molecular weight excluding hydrogens is 305 g/mol. The number of hydrogen-bond donors (Lipinski definition) is 2. The van der Waals surface area contributed by atoms with Gasteiger partial charge in [-0.2, -0.15) is 0 Å². The largest absolute Gasteiger partial charge is 0.387 e. The van der Waals surface area contributed by atoms with Gasteiger partial charge in [0.15, 0.2) is 0 Å². The van der Waals surface area contributed by atoms with Crippen LogP contribution in [0.25, 0.3) is 0 Å². The van der Waals surface area contributed by atoms with Crippen molar-refractivity contribution in [3.05, 3.63) is 47.5 Å². The third-order valence-corrected chi connectivity index (χ3v) is 4.22. The number of halogens is 2. The molecule has 0 unspecified atom stereocenters. The van der Waals surface area contributed by atoms with E-state index >= 15 is 0 Å². The maximum atomic E-state index is 12.9. The van der Waals surface area contributed by atoms with Crippen LogP contribution in [0.4, 0.5) is 15.8 Å². The Morgan fingerprint density at radius 2 is 2.00 bits per heavy atom. The molecule has 8 heteroatoms. The first-order chi connectivity index (χ1) is 9.44. The second-order valence-corrected chi connectivity index (χ2v) is 5.91. The van der Waals surface area contributed by atoms with Crippen LogP contribution in [-0.4, -0.2) is 20.4 Å². The Labute approximate surface area is 120 Å². The van der Waals surface area contributed by atoms with Crippen molar-refractivity contribution in [1.29, 1.82) is 0 Å². The zero-order chi connectivity index (χ0) is 14.8. The average Bonchev–Trinajstić information content (AvgIpc) is 2.42. The van der Waals surface area contributed by atoms with Crippen molar-refractivity contribution >= 4 is 33.0 Å². The van der Waals surface area contributed by atoms with Crippen LogP contribution in [-0.2, 0) is 10.0 Å². The first-order valence-electron chi connectivity index (χ1n) is 5.53. The van der Waals surface area contributed by atoms with Gasteiger partial charge in [-0.3, -0.25) is 9.71 Å². The predicted octanol–water partition coefficient (Wildman–Crippen LogP) is 2.72. The van der Waals surface area contributed by atoms with E-state index in [9.17, 15) is 12.8 Å². The van der Waals surface area contributed by atoms with E-state index in [1.807, 2.05) is 0 Å². The predicted molar refractivity (Wildman–Crippen MR) is 76.0 cm³/mol. The van der Waals surface area contributed by atoms with Crippen molar-refractivity contribution in [3.63, 3.8) is 0 Å². The summed E-state index contributed by atoms with van der Waals surface area (Å²) < 4.78 is 39.8. The SMILES string of the molecule is CNc1ccncc1S(=O)(=O)Nc1ccc(F)cc1Cl. The topological polar surface area (TPSA) is 71.1 Å². The number of benzene rings is 1. The number of rotatable bonds is 4. The second-order valence-electron chi connectivity index (χ2n) is 3.85. The minimum Gasteiger partial charge on any atom is -0.387 e. The minimum absolute atomic E-state index is 0.0246. The molecule has 0 bridgehead atoms. The van der Waals surface area contributed by atoms with Crippen LogP contribution in [0, 0.1) is 5.82 Å². The summed E-state index contributed by atoms with van der Waals surface area (Å²) in [6.45, 7) is 0. The number of aromatic nitrogens is 1. The van der Waals surface area contributed by atoms with Gasteiger partial charge in [0, 0.05) is 19.4 Å². The molecule has 0 amide bonds. The summed E-state index contributed by atoms with van der Waals surface area (Å²) in [7, 11) is -2.28. The molecule has 0 aliphatic heterocycles. The van der Waals surface area contributed by atoms with Crippen molar-refractivity contribution in [1.82, 2.24) is 4.98 Å². The summed E-state index contributed by atoms with van der Waals surface area (Å²) in [5, 5.41) is 2.73. The highest BCUT2D eigenvalue weighted by atomic mass is 35.5. The van der Waals surface area contributed by atoms with Crippen LogP contribution >= 0.6 is 11.6 Å². The van der Waals surface area contributed by atoms with Crippen LogP contribution in [0.3, 0.4) is 0 Å². The van der Waals surface area contributed by atoms with Gasteiger partial charge in [-0.15, -0.1) is 0 Å². The summed E-state index contributed by atoms with van der Waals surface area (Å²) in [6.07, 6.45) is 2.68. The fraction of sp³-hybridized carbons (Fsp3) is 0.0833. The molecule has 2 rings (SSSR count). The summed E-state index contributed by atoms with van der Waals surface area (Å²) in [5.41, 5.74) is 0.490. The lowest BCUT2D eigenvalue weighted by atomic mass is 10.3. The highest BCUT2D eigenvalue weighted by Gasteiger charge is 2.19. The highest BCUT2D eigenvalue weighted by molar-refractivity contribution is 7.92. The smallest absolute Gasteiger partial charge is 0.265 e. The van der Waals surface area contributed by atoms with Crippen molar-refractivity contribution in [2.24, 2.45) is 0 Å². The van der Waals surface area contributed by atoms with Gasteiger partial charge < -0.3 is 5.32 Å². The molecule has 1 heterocycles. The van der Waals surface area contributed by atoms with Gasteiger partial charge in [0.25, 0.3) is 10.0 Å². The lowest BCUT2D eigenvalue weighted by molar-refractivity contribution is 0.601. The molecule has 2 N–H and O–H groups in total. The van der Waals surface area contributed by atoms with Gasteiger partial charge in [-0.1, -0.05) is 11.6 Å². The normalized spacial score (nSPS) is 11.2. The van der Waals surface area contributed by atoms with Crippen LogP contribution in [0.5, 0.6) is 0 Å². The molecule has 0 saturated carbocycles. The summed E-state index contributed by atoms with van der Waals surface area (Å²) in [6, 6.07) is 4.93. The van der Waals surface area contributed by atoms with Gasteiger partial charge >= 0.3 is 0 Å². The van der Waals surface area contributed by atoms with Crippen LogP contribution in [0.15, 0.2) is 41.6 Å². The Kier molecular flexibility index (Phi) is 4.10. The number of sulfonamides is 1. The Hall–Kier alpha value is -1.86. The Morgan fingerprint density at radius 1 is 1.25 bits per heavy atom. The van der Waals surface area contributed by atoms with E-state index in [1.54, 1.807) is 7.05 Å². The van der Waals surface area contributed by atoms with Gasteiger partial charge in [-0.25, -0.2) is 12.8 Å². The molecule has 106 valence electrons. The molecule has 0 spiro atoms. The zero-order valence-electron chi connectivity index (χ0n) is 10.4. The first-order valence-corrected chi connectivity index (χ1v) is 7.40. The van der Waals surface area contributed by atoms with E-state index in [-0.39, 0.29) is 15.6 Å². The molecule has 1 aromatic heterocycles. The van der Waals surface area contributed by atoms with E-state index in [2.05, 4.69) is 15.0 Å². The molecule has 0 atom stereocenters. The molecule has 2 aromatic rings. The van der Waals surface area contributed by atoms with Gasteiger partial charge in [0.2, 0.25) is 0 Å². The molecule has 20 heavy (non-hydrogen) atoms. The average molecular weight is 316 g/mol. The van der Waals surface area contributed by atoms with Gasteiger partial charge in [0.1, 0.15) is 10.7 Å². The maximum absolute atomic E-state index is 12.9. The number of anilines is 2. The monoisotopic (exact) mass is 315 g/mol. The van der Waals surface area contributed by atoms with E-state index in [0.29, 0.717) is 5.69 Å². The number of pyridine rings is 1. The standard InChI is InChI=1S/C12H11ClFN3O2S/c1-15-11-4-5-16-7-12(11)20(18,19)17-10-3-2-8(14)6-9(10)13/h2-7,17H,1H3,(H,15,16). The van der Waals surface area contributed by atoms with Crippen LogP contribution in [0.2, 0.25) is 5.02 Å². The van der Waals surface area contributed by atoms with E-state index in [4.69, 9.17) is 11.6 Å². The molecular formula is C12H11ClFN3O2S. The molecule has 0 aliphatic carbocycles. The lowest BCUT2D eigenvalue weighted by Crippen LogP contribution is -2.15. The molecule has 5 nitrogen and oxygen atoms in total. The molecule has 0 fully saturated rings. The minimum atomic E-state index is -3.87. The molecule has 0 saturated heterocycles. The highest BCUT2D eigenvalue weighted by Crippen LogP contribution is 2.27. The van der Waals surface area contributed by atoms with E-state index in [0.717, 1.165) is 12.1 Å². The van der Waals surface area contributed by atoms with Crippen molar-refractivity contribution in [3.8, 4) is 0 Å². The molecule has 1 aromatic carbocycles. The Balaban J connectivity index is 2.41. The zero-order valence-corrected chi connectivity index (χ0v) is 12.0. The number of hydrogen-bond acceptors (Lipinski definition) is 4. The molecule has 0 aliphatic rings. The van der Waals surface area contributed by atoms with E-state index < -0.39 is 15.8 Å². The van der Waals surface area contributed by atoms with Gasteiger partial charge in [-0.05, 0) is 24.3 Å². The fourth-order valence-corrected chi connectivity index (χ4v) is 3.08. The first kappa shape index (κ1) is 14.5. The number of nitrogens with one attached hydrogen (secondary N) is 2. The van der Waals surface area contributed by atoms with Crippen LogP contribution < -0.4 is 10.0 Å². The maximum Gasteiger partial charge on any atom is 0.265 e. The van der Waals surface area contributed by atoms with Crippen molar-refractivity contribution in [2.45, 2.75) is 4.90 Å². The Morgan fingerprint density at radius 3 is 2.65 bits per heavy atom. The molecule has 0 radical (unpaired) electrons. The fourth-order valence-electron chi connectivity index (χ4n) is 1.57. The lowest BCUT2D eigenvalue weighted by Gasteiger charge is -2.12. The third-order valence-electron chi connectivity index (χ3n) is 2.52. The summed E-state index contributed by atoms with van der Waals surface area (Å²) in [4.78, 5) is 3.76. The summed E-state index contributed by atoms with van der Waals surface area (Å²) >= 11 is 5.80. The van der Waals surface area contributed by atoms with Crippen LogP contribution in [0.1, 0.15) is 0 Å². The Bertz CT molecular complexity index is 737. The van der Waals surface area contributed by atoms with Crippen molar-refractivity contribution in [2.75, 3.05) is 17.1 Å². The van der Waals surface area contributed by atoms with E-state index in [1.165, 1.54) is 24.5 Å². The number of nitrogens with zero attached hydrogens (tertiary/aromatic N) is 1. The third kappa shape index (κ3) is 3.00. The quantitative estimate of drug-likeness (QED) is 0.910. The van der Waals surface area contributed by atoms with Gasteiger partial charge in [0.05, 0.1) is 16.4 Å². The summed E-state index contributed by atoms with van der Waals surface area (Å²) in [5.74, 6) is -0.546. The second kappa shape index (κ2) is 5.64. The van der Waals surface area contributed by atoms with Crippen molar-refractivity contribution < 1.29 is 12.8 Å².